The second-order valence-corrected chi connectivity index (χ2v) is 15.1. The Labute approximate surface area is 336 Å². The van der Waals surface area contributed by atoms with Gasteiger partial charge in [0.05, 0.1) is 22.1 Å². The molecule has 3 aromatic heterocycles. The Hall–Kier alpha value is -7.62. The Balaban J connectivity index is 0.00000190. The minimum absolute atomic E-state index is 1.17. The number of nitrogens with zero attached hydrogens (tertiary/aromatic N) is 3. The highest BCUT2D eigenvalue weighted by atomic mass is 15.0. The molecule has 9 aromatic carbocycles. The van der Waals surface area contributed by atoms with Crippen LogP contribution in [0.3, 0.4) is 0 Å². The lowest BCUT2D eigenvalue weighted by Crippen LogP contribution is -1.93. The summed E-state index contributed by atoms with van der Waals surface area (Å²) >= 11 is 0. The van der Waals surface area contributed by atoms with Crippen molar-refractivity contribution in [1.82, 2.24) is 13.7 Å². The molecule has 0 spiro atoms. The molecule has 3 heterocycles. The van der Waals surface area contributed by atoms with Gasteiger partial charge in [-0.05, 0) is 118 Å². The molecule has 0 unspecified atom stereocenters. The van der Waals surface area contributed by atoms with Gasteiger partial charge in [0, 0.05) is 61.8 Å². The van der Waals surface area contributed by atoms with Crippen LogP contribution in [0, 0.1) is 0 Å². The maximum atomic E-state index is 3.00. The third-order valence-electron chi connectivity index (χ3n) is 12.0. The zero-order valence-corrected chi connectivity index (χ0v) is 32.2. The molecular formula is C55H39N3. The summed E-state index contributed by atoms with van der Waals surface area (Å²) in [4.78, 5) is 0. The van der Waals surface area contributed by atoms with Crippen molar-refractivity contribution in [2.45, 2.75) is 0 Å². The van der Waals surface area contributed by atoms with Crippen molar-refractivity contribution in [2.75, 3.05) is 0 Å². The highest BCUT2D eigenvalue weighted by Gasteiger charge is 2.17. The molecule has 0 atom stereocenters. The van der Waals surface area contributed by atoms with Gasteiger partial charge in [0.25, 0.3) is 0 Å². The summed E-state index contributed by atoms with van der Waals surface area (Å²) in [6.07, 6.45) is 0. The molecule has 3 heteroatoms. The lowest BCUT2D eigenvalue weighted by atomic mass is 9.99. The van der Waals surface area contributed by atoms with E-state index in [4.69, 9.17) is 0 Å². The number of hydrogen-bond acceptors (Lipinski definition) is 0. The van der Waals surface area contributed by atoms with Crippen molar-refractivity contribution < 1.29 is 0 Å². The van der Waals surface area contributed by atoms with Gasteiger partial charge in [-0.2, -0.15) is 0 Å². The van der Waals surface area contributed by atoms with Crippen LogP contribution in [-0.4, -0.2) is 13.7 Å². The first-order chi connectivity index (χ1) is 28.7. The van der Waals surface area contributed by atoms with Gasteiger partial charge < -0.3 is 13.7 Å². The Morgan fingerprint density at radius 1 is 0.293 bits per heavy atom. The highest BCUT2D eigenvalue weighted by molar-refractivity contribution is 6.16. The predicted molar refractivity (Wildman–Crippen MR) is 249 cm³/mol. The number of fused-ring (bicyclic) bond motifs is 10. The van der Waals surface area contributed by atoms with E-state index in [1.165, 1.54) is 110 Å². The van der Waals surface area contributed by atoms with Crippen LogP contribution in [0.1, 0.15) is 0 Å². The van der Waals surface area contributed by atoms with Crippen molar-refractivity contribution in [3.8, 4) is 33.6 Å². The fraction of sp³-hybridized carbons (Fsp3) is 0.0182. The Morgan fingerprint density at radius 2 is 0.707 bits per heavy atom. The first-order valence-electron chi connectivity index (χ1n) is 19.8. The second-order valence-electron chi connectivity index (χ2n) is 15.1. The largest absolute Gasteiger partial charge is 0.344 e. The Morgan fingerprint density at radius 3 is 1.34 bits per heavy atom. The highest BCUT2D eigenvalue weighted by Crippen LogP contribution is 2.40. The van der Waals surface area contributed by atoms with Gasteiger partial charge in [-0.1, -0.05) is 109 Å². The molecule has 0 saturated carbocycles. The zero-order valence-electron chi connectivity index (χ0n) is 32.2. The summed E-state index contributed by atoms with van der Waals surface area (Å²) in [5.74, 6) is 0. The molecule has 274 valence electrons. The fourth-order valence-corrected chi connectivity index (χ4v) is 9.32. The molecule has 58 heavy (non-hydrogen) atoms. The SMILES string of the molecule is C=C.Cn1c2ccc(-c3ccc4c(c3)c3cc5ccccc5cc3n4-c3ccccc3)cc2c2ccc(-c3ccc4c(c3)c3ccccc3n4-c3ccccc3)cc21. The van der Waals surface area contributed by atoms with Gasteiger partial charge in [-0.3, -0.25) is 0 Å². The van der Waals surface area contributed by atoms with E-state index in [1.807, 2.05) is 0 Å². The minimum atomic E-state index is 1.17. The Bertz CT molecular complexity index is 3550. The van der Waals surface area contributed by atoms with Gasteiger partial charge in [0.1, 0.15) is 0 Å². The van der Waals surface area contributed by atoms with Gasteiger partial charge in [-0.25, -0.2) is 0 Å². The molecule has 0 fully saturated rings. The summed E-state index contributed by atoms with van der Waals surface area (Å²) in [6.45, 7) is 6.00. The zero-order chi connectivity index (χ0) is 38.9. The van der Waals surface area contributed by atoms with Crippen LogP contribution in [0.5, 0.6) is 0 Å². The lowest BCUT2D eigenvalue weighted by molar-refractivity contribution is 1.01. The van der Waals surface area contributed by atoms with Crippen LogP contribution >= 0.6 is 0 Å². The van der Waals surface area contributed by atoms with E-state index in [0.29, 0.717) is 0 Å². The van der Waals surface area contributed by atoms with Crippen LogP contribution in [-0.2, 0) is 7.05 Å². The molecular weight excluding hydrogens is 703 g/mol. The van der Waals surface area contributed by atoms with Crippen molar-refractivity contribution in [3.63, 3.8) is 0 Å². The Kier molecular flexibility index (Phi) is 7.70. The van der Waals surface area contributed by atoms with E-state index in [9.17, 15) is 0 Å². The summed E-state index contributed by atoms with van der Waals surface area (Å²) in [5, 5.41) is 10.1. The van der Waals surface area contributed by atoms with Crippen LogP contribution < -0.4 is 0 Å². The molecule has 0 bridgehead atoms. The van der Waals surface area contributed by atoms with E-state index in [1.54, 1.807) is 0 Å². The third-order valence-corrected chi connectivity index (χ3v) is 12.0. The number of rotatable bonds is 4. The molecule has 12 aromatic rings. The van der Waals surface area contributed by atoms with Gasteiger partial charge in [0.2, 0.25) is 0 Å². The van der Waals surface area contributed by atoms with E-state index in [-0.39, 0.29) is 0 Å². The summed E-state index contributed by atoms with van der Waals surface area (Å²) in [5.41, 5.74) is 14.6. The average Bonchev–Trinajstić information content (AvgIpc) is 3.90. The standard InChI is InChI=1S/C53H35N3.C2H4/c1-54-48-25-21-36(37-22-27-51-46(31-37)47-28-34-12-8-9-13-35(34)33-53(47)56(51)41-16-6-3-7-17-41)29-44(48)43-24-20-39(32-52(43)54)38-23-26-50-45(30-38)42-18-10-11-19-49(42)55(50)40-14-4-2-5-15-40;1-2/h2-33H,1H3;1-2H2. The molecule has 0 saturated heterocycles. The summed E-state index contributed by atoms with van der Waals surface area (Å²) in [7, 11) is 2.19. The summed E-state index contributed by atoms with van der Waals surface area (Å²) in [6, 6.07) is 71.3. The third kappa shape index (κ3) is 5.07. The molecule has 0 aliphatic carbocycles. The fourth-order valence-electron chi connectivity index (χ4n) is 9.32. The molecule has 0 amide bonds. The maximum Gasteiger partial charge on any atom is 0.0547 e. The first-order valence-corrected chi connectivity index (χ1v) is 19.8. The molecule has 0 aliphatic heterocycles. The van der Waals surface area contributed by atoms with E-state index < -0.39 is 0 Å². The predicted octanol–water partition coefficient (Wildman–Crippen LogP) is 14.8. The topological polar surface area (TPSA) is 14.8 Å². The lowest BCUT2D eigenvalue weighted by Gasteiger charge is -2.09. The van der Waals surface area contributed by atoms with Crippen molar-refractivity contribution in [2.24, 2.45) is 7.05 Å². The van der Waals surface area contributed by atoms with Crippen molar-refractivity contribution in [1.29, 1.82) is 0 Å². The molecule has 12 rings (SSSR count). The molecule has 0 aliphatic rings. The number of aryl methyl sites for hydroxylation is 1. The monoisotopic (exact) mass is 741 g/mol. The second kappa shape index (κ2) is 13.3. The average molecular weight is 742 g/mol. The normalized spacial score (nSPS) is 11.7. The summed E-state index contributed by atoms with van der Waals surface area (Å²) < 4.78 is 7.13. The van der Waals surface area contributed by atoms with Crippen LogP contribution in [0.4, 0.5) is 0 Å². The van der Waals surface area contributed by atoms with Gasteiger partial charge >= 0.3 is 0 Å². The van der Waals surface area contributed by atoms with Gasteiger partial charge in [-0.15, -0.1) is 13.2 Å². The number of para-hydroxylation sites is 3. The molecule has 0 N–H and O–H groups in total. The van der Waals surface area contributed by atoms with Gasteiger partial charge in [0.15, 0.2) is 0 Å². The quantitative estimate of drug-likeness (QED) is 0.160. The maximum absolute atomic E-state index is 3.00. The number of hydrogen-bond donors (Lipinski definition) is 0. The van der Waals surface area contributed by atoms with Crippen molar-refractivity contribution in [3.05, 3.63) is 207 Å². The van der Waals surface area contributed by atoms with Crippen LogP contribution in [0.2, 0.25) is 0 Å². The van der Waals surface area contributed by atoms with E-state index in [2.05, 4.69) is 228 Å². The first kappa shape index (κ1) is 33.7. The van der Waals surface area contributed by atoms with E-state index in [0.717, 1.165) is 0 Å². The van der Waals surface area contributed by atoms with Crippen LogP contribution in [0.15, 0.2) is 207 Å². The number of aromatic nitrogens is 3. The minimum Gasteiger partial charge on any atom is -0.344 e. The van der Waals surface area contributed by atoms with Crippen LogP contribution in [0.25, 0.3) is 110 Å². The number of benzene rings is 9. The smallest absolute Gasteiger partial charge is 0.0547 e. The molecule has 0 radical (unpaired) electrons. The van der Waals surface area contributed by atoms with E-state index >= 15 is 0 Å². The molecule has 3 nitrogen and oxygen atoms in total. The van der Waals surface area contributed by atoms with Crippen molar-refractivity contribution >= 4 is 76.2 Å².